The van der Waals surface area contributed by atoms with Crippen LogP contribution in [0.4, 0.5) is 5.82 Å². The maximum atomic E-state index is 13.8. The molecule has 0 fully saturated rings. The van der Waals surface area contributed by atoms with Crippen LogP contribution in [0.5, 0.6) is 5.75 Å². The number of nitrogens with one attached hydrogen (secondary N) is 1. The van der Waals surface area contributed by atoms with Crippen LogP contribution < -0.4 is 15.3 Å². The number of imidazole rings is 1. The molecule has 0 spiro atoms. The van der Waals surface area contributed by atoms with Crippen LogP contribution in [0.3, 0.4) is 0 Å². The van der Waals surface area contributed by atoms with E-state index in [0.717, 1.165) is 0 Å². The van der Waals surface area contributed by atoms with Crippen LogP contribution in [-0.2, 0) is 25.4 Å². The summed E-state index contributed by atoms with van der Waals surface area (Å²) in [6.07, 6.45) is 1.96. The van der Waals surface area contributed by atoms with Crippen LogP contribution in [0.1, 0.15) is 34.6 Å². The maximum absolute atomic E-state index is 13.8. The maximum Gasteiger partial charge on any atom is 0.342 e. The summed E-state index contributed by atoms with van der Waals surface area (Å²) in [5, 5.41) is 2.85. The molecule has 0 bridgehead atoms. The van der Waals surface area contributed by atoms with E-state index in [4.69, 9.17) is 19.7 Å². The summed E-state index contributed by atoms with van der Waals surface area (Å²) in [6, 6.07) is 8.70. The van der Waals surface area contributed by atoms with Crippen molar-refractivity contribution >= 4 is 30.5 Å². The number of anilines is 1. The molecule has 3 N–H and O–H groups in total. The van der Waals surface area contributed by atoms with Crippen LogP contribution in [0.15, 0.2) is 43.0 Å². The fourth-order valence-electron chi connectivity index (χ4n) is 3.15. The molecule has 0 saturated carbocycles. The Morgan fingerprint density at radius 3 is 2.56 bits per heavy atom. The molecule has 3 rings (SSSR count). The lowest BCUT2D eigenvalue weighted by molar-refractivity contribution is -0.153. The zero-order valence-electron chi connectivity index (χ0n) is 20.0. The number of aromatic nitrogens is 4. The molecule has 2 aromatic heterocycles. The first-order valence-corrected chi connectivity index (χ1v) is 12.7. The number of carbonyl (C=O) groups is 1. The number of benzene rings is 1. The van der Waals surface area contributed by atoms with Gasteiger partial charge in [-0.1, -0.05) is 18.2 Å². The van der Waals surface area contributed by atoms with Crippen LogP contribution in [0.2, 0.25) is 0 Å². The van der Waals surface area contributed by atoms with Gasteiger partial charge in [-0.3, -0.25) is 9.36 Å². The van der Waals surface area contributed by atoms with Crippen molar-refractivity contribution in [3.63, 3.8) is 0 Å². The minimum absolute atomic E-state index is 0.287. The number of nitrogen functional groups attached to an aromatic ring is 1. The first kappa shape index (κ1) is 25.6. The Balaban J connectivity index is 1.74. The van der Waals surface area contributed by atoms with E-state index in [2.05, 4.69) is 20.0 Å². The molecule has 12 heteroatoms. The third kappa shape index (κ3) is 6.53. The van der Waals surface area contributed by atoms with Gasteiger partial charge in [-0.2, -0.15) is 0 Å². The Kier molecular flexibility index (Phi) is 7.91. The highest BCUT2D eigenvalue weighted by Crippen LogP contribution is 2.45. The average molecular weight is 491 g/mol. The van der Waals surface area contributed by atoms with Crippen molar-refractivity contribution in [2.75, 3.05) is 12.1 Å². The molecule has 184 valence electrons. The Bertz CT molecular complexity index is 1170. The smallest absolute Gasteiger partial charge is 0.342 e. The van der Waals surface area contributed by atoms with Crippen molar-refractivity contribution in [1.29, 1.82) is 0 Å². The number of carbonyl (C=O) groups excluding carboxylic acids is 1. The zero-order chi connectivity index (χ0) is 24.9. The lowest BCUT2D eigenvalue weighted by Crippen LogP contribution is -2.48. The highest BCUT2D eigenvalue weighted by Gasteiger charge is 2.39. The van der Waals surface area contributed by atoms with Gasteiger partial charge < -0.3 is 24.3 Å². The summed E-state index contributed by atoms with van der Waals surface area (Å²) in [5.74, 6) is 0.128. The molecule has 2 atom stereocenters. The number of ether oxygens (including phenoxy) is 2. The molecular formula is C22H31N6O5P. The molecule has 11 nitrogen and oxygen atoms in total. The fourth-order valence-corrected chi connectivity index (χ4v) is 5.17. The van der Waals surface area contributed by atoms with Crippen molar-refractivity contribution in [3.05, 3.63) is 43.0 Å². The van der Waals surface area contributed by atoms with Gasteiger partial charge in [0.2, 0.25) is 0 Å². The molecule has 3 aromatic rings. The van der Waals surface area contributed by atoms with Crippen molar-refractivity contribution in [2.45, 2.75) is 58.9 Å². The number of para-hydroxylation sites is 1. The molecular weight excluding hydrogens is 459 g/mol. The molecule has 0 amide bonds. The van der Waals surface area contributed by atoms with Crippen LogP contribution in [-0.4, -0.2) is 49.6 Å². The van der Waals surface area contributed by atoms with Crippen LogP contribution in [0.25, 0.3) is 11.2 Å². The minimum Gasteiger partial charge on any atom is -0.462 e. The number of hydrogen-bond acceptors (Lipinski definition) is 9. The number of esters is 1. The molecule has 34 heavy (non-hydrogen) atoms. The van der Waals surface area contributed by atoms with Gasteiger partial charge in [0.1, 0.15) is 29.5 Å². The number of fused-ring (bicyclic) bond motifs is 1. The lowest BCUT2D eigenvalue weighted by atomic mass is 10.1. The van der Waals surface area contributed by atoms with E-state index in [1.807, 2.05) is 13.0 Å². The quantitative estimate of drug-likeness (QED) is 0.303. The van der Waals surface area contributed by atoms with E-state index in [0.29, 0.717) is 23.5 Å². The third-order valence-electron chi connectivity index (χ3n) is 4.71. The Hall–Kier alpha value is -3.01. The topological polar surface area (TPSA) is 143 Å². The standard InChI is InChI=1S/C22H31N6O5P/c1-15(2)32-21(29)22(4,5)27-34(30,33-17-9-7-6-8-10-17)14-31-16(3)11-28-13-26-18-19(23)24-12-25-20(18)28/h6-10,12-13,15-16H,11,14H2,1-5H3,(H,27,30)(H2,23,24,25)/t16-,34?/m1/s1. The Morgan fingerprint density at radius 2 is 1.88 bits per heavy atom. The number of nitrogens with two attached hydrogens (primary N) is 1. The first-order valence-electron chi connectivity index (χ1n) is 10.9. The van der Waals surface area contributed by atoms with Gasteiger partial charge in [0.15, 0.2) is 11.5 Å². The van der Waals surface area contributed by atoms with Gasteiger partial charge >= 0.3 is 13.5 Å². The molecule has 1 aromatic carbocycles. The molecule has 0 aliphatic heterocycles. The summed E-state index contributed by atoms with van der Waals surface area (Å²) in [5.41, 5.74) is 5.63. The Morgan fingerprint density at radius 1 is 1.18 bits per heavy atom. The highest BCUT2D eigenvalue weighted by atomic mass is 31.2. The van der Waals surface area contributed by atoms with Gasteiger partial charge in [0.25, 0.3) is 0 Å². The highest BCUT2D eigenvalue weighted by molar-refractivity contribution is 7.57. The molecule has 0 aliphatic rings. The van der Waals surface area contributed by atoms with E-state index < -0.39 is 25.1 Å². The average Bonchev–Trinajstić information content (AvgIpc) is 3.16. The monoisotopic (exact) mass is 490 g/mol. The summed E-state index contributed by atoms with van der Waals surface area (Å²) < 4.78 is 32.6. The van der Waals surface area contributed by atoms with Gasteiger partial charge in [-0.15, -0.1) is 0 Å². The van der Waals surface area contributed by atoms with Gasteiger partial charge in [0, 0.05) is 0 Å². The van der Waals surface area contributed by atoms with Crippen LogP contribution >= 0.6 is 7.52 Å². The third-order valence-corrected chi connectivity index (χ3v) is 6.61. The zero-order valence-corrected chi connectivity index (χ0v) is 20.9. The van der Waals surface area contributed by atoms with E-state index in [1.165, 1.54) is 6.33 Å². The van der Waals surface area contributed by atoms with E-state index >= 15 is 0 Å². The number of nitrogens with zero attached hydrogens (tertiary/aromatic N) is 4. The van der Waals surface area contributed by atoms with E-state index in [1.54, 1.807) is 62.9 Å². The van der Waals surface area contributed by atoms with Gasteiger partial charge in [-0.25, -0.2) is 20.0 Å². The van der Waals surface area contributed by atoms with E-state index in [9.17, 15) is 9.36 Å². The summed E-state index contributed by atoms with van der Waals surface area (Å²) in [4.78, 5) is 25.0. The number of hydrogen-bond donors (Lipinski definition) is 2. The van der Waals surface area contributed by atoms with Crippen molar-refractivity contribution in [3.8, 4) is 5.75 Å². The van der Waals surface area contributed by atoms with Crippen molar-refractivity contribution < 1.29 is 23.4 Å². The van der Waals surface area contributed by atoms with Gasteiger partial charge in [-0.05, 0) is 46.8 Å². The molecule has 0 saturated heterocycles. The summed E-state index contributed by atoms with van der Waals surface area (Å²) in [7, 11) is -3.70. The number of rotatable bonds is 11. The van der Waals surface area contributed by atoms with E-state index in [-0.39, 0.29) is 18.3 Å². The SMILES string of the molecule is CC(C)OC(=O)C(C)(C)NP(=O)(CO[C@H](C)Cn1cnc2c(N)ncnc21)Oc1ccccc1. The molecule has 1 unspecified atom stereocenters. The normalized spacial score (nSPS) is 14.6. The largest absolute Gasteiger partial charge is 0.462 e. The minimum atomic E-state index is -3.70. The summed E-state index contributed by atoms with van der Waals surface area (Å²) >= 11 is 0. The second-order valence-corrected chi connectivity index (χ2v) is 10.7. The predicted molar refractivity (Wildman–Crippen MR) is 128 cm³/mol. The van der Waals surface area contributed by atoms with Gasteiger partial charge in [0.05, 0.1) is 25.1 Å². The predicted octanol–water partition coefficient (Wildman–Crippen LogP) is 3.36. The Labute approximate surface area is 198 Å². The summed E-state index contributed by atoms with van der Waals surface area (Å²) in [6.45, 7) is 8.86. The van der Waals surface area contributed by atoms with Crippen molar-refractivity contribution in [2.24, 2.45) is 0 Å². The second kappa shape index (κ2) is 10.5. The second-order valence-electron chi connectivity index (χ2n) is 8.70. The van der Waals surface area contributed by atoms with Crippen LogP contribution in [0, 0.1) is 0 Å². The first-order chi connectivity index (χ1) is 16.0. The molecule has 0 radical (unpaired) electrons. The fraction of sp³-hybridized carbons (Fsp3) is 0.455. The lowest BCUT2D eigenvalue weighted by Gasteiger charge is -2.31. The molecule has 0 aliphatic carbocycles. The van der Waals surface area contributed by atoms with Crippen molar-refractivity contribution in [1.82, 2.24) is 24.6 Å². The molecule has 2 heterocycles.